The zero-order valence-corrected chi connectivity index (χ0v) is 75.4. The van der Waals surface area contributed by atoms with Crippen LogP contribution in [0.25, 0.3) is 94.3 Å². The zero-order valence-electron chi connectivity index (χ0n) is 79.4. The standard InChI is InChI=1S/C114H124BN3/c1-106(2,3)79-48-38-71(39-49-79)89-33-30-34-90(72-40-50-80(51-41-72)107(4,5)6)104(89)117-99-57-46-75(77-60-84(111(16,17)18)66-85(61-77)112(19,20)21)64-95(99)115-96-65-76(78-62-86(113(22,23)24)67-87(63-78)114(25,26)27)47-58-100(96)118(102-70-88(69-101(117)103(102)115)116-97-37-29-28-32-93(97)94-68-83(110(13,14)15)56-59-98(94)116)105-91(73-42-52-81(53-43-73)108(7,8)9)35-31-36-92(105)74-44-54-82(55-45-74)109(10,11)12/h28-70H,1-27H3/i28D,29D,32D,37D. The number of aromatic nitrogens is 1. The van der Waals surface area contributed by atoms with Crippen LogP contribution in [0.3, 0.4) is 0 Å². The number of nitrogens with zero attached hydrogens (tertiary/aromatic N) is 3. The average Bonchev–Trinajstić information content (AvgIpc) is 0.929. The van der Waals surface area contributed by atoms with Crippen molar-refractivity contribution in [1.29, 1.82) is 0 Å². The van der Waals surface area contributed by atoms with Crippen LogP contribution in [-0.4, -0.2) is 11.3 Å². The molecule has 0 atom stereocenters. The van der Waals surface area contributed by atoms with E-state index in [1.807, 2.05) is 0 Å². The summed E-state index contributed by atoms with van der Waals surface area (Å²) >= 11 is 0. The minimum Gasteiger partial charge on any atom is -0.310 e. The molecule has 0 bridgehead atoms. The van der Waals surface area contributed by atoms with E-state index in [1.165, 1.54) is 44.5 Å². The van der Waals surface area contributed by atoms with Crippen molar-refractivity contribution < 1.29 is 5.48 Å². The molecule has 0 amide bonds. The van der Waals surface area contributed by atoms with E-state index >= 15 is 0 Å². The van der Waals surface area contributed by atoms with Gasteiger partial charge in [0.05, 0.1) is 33.6 Å². The van der Waals surface area contributed by atoms with Gasteiger partial charge in [0.25, 0.3) is 6.71 Å². The molecule has 0 fully saturated rings. The van der Waals surface area contributed by atoms with Crippen LogP contribution < -0.4 is 26.2 Å². The van der Waals surface area contributed by atoms with Crippen molar-refractivity contribution in [2.45, 2.75) is 236 Å². The van der Waals surface area contributed by atoms with E-state index in [0.717, 1.165) is 139 Å². The Morgan fingerprint density at radius 1 is 0.237 bits per heavy atom. The van der Waals surface area contributed by atoms with Gasteiger partial charge in [-0.05, 0) is 202 Å². The van der Waals surface area contributed by atoms with Crippen LogP contribution in [0, 0.1) is 0 Å². The van der Waals surface area contributed by atoms with Crippen molar-refractivity contribution in [2.75, 3.05) is 9.80 Å². The number of anilines is 6. The van der Waals surface area contributed by atoms with Crippen molar-refractivity contribution in [3.05, 3.63) is 311 Å². The molecule has 2 aliphatic rings. The third-order valence-electron chi connectivity index (χ3n) is 25.3. The monoisotopic (exact) mass is 1550 g/mol. The fourth-order valence-corrected chi connectivity index (χ4v) is 17.8. The van der Waals surface area contributed by atoms with Gasteiger partial charge in [0.2, 0.25) is 0 Å². The molecule has 0 spiro atoms. The van der Waals surface area contributed by atoms with Gasteiger partial charge in [0.1, 0.15) is 0 Å². The Hall–Kier alpha value is -10.7. The average molecular weight is 1550 g/mol. The summed E-state index contributed by atoms with van der Waals surface area (Å²) in [5.74, 6) is 0. The molecule has 0 aliphatic carbocycles. The Balaban J connectivity index is 1.16. The van der Waals surface area contributed by atoms with Gasteiger partial charge in [0.15, 0.2) is 0 Å². The molecule has 2 aliphatic heterocycles. The first-order valence-corrected chi connectivity index (χ1v) is 43.0. The summed E-state index contributed by atoms with van der Waals surface area (Å²) in [6.07, 6.45) is 0. The van der Waals surface area contributed by atoms with Crippen molar-refractivity contribution in [1.82, 2.24) is 4.57 Å². The fraction of sp³-hybridized carbons (Fsp3) is 0.316. The predicted molar refractivity (Wildman–Crippen MR) is 516 cm³/mol. The summed E-state index contributed by atoms with van der Waals surface area (Å²) in [4.78, 5) is 5.26. The third-order valence-corrected chi connectivity index (χ3v) is 25.3. The number of hydrogen-bond acceptors (Lipinski definition) is 2. The second kappa shape index (κ2) is 28.5. The lowest BCUT2D eigenvalue weighted by atomic mass is 9.33. The van der Waals surface area contributed by atoms with Crippen LogP contribution in [0.4, 0.5) is 34.1 Å². The Morgan fingerprint density at radius 3 is 0.847 bits per heavy atom. The topological polar surface area (TPSA) is 11.4 Å². The first-order chi connectivity index (χ1) is 56.8. The Bertz CT molecular complexity index is 5980. The first-order valence-electron chi connectivity index (χ1n) is 45.0. The van der Waals surface area contributed by atoms with Gasteiger partial charge < -0.3 is 14.4 Å². The van der Waals surface area contributed by atoms with Gasteiger partial charge in [-0.1, -0.05) is 405 Å². The lowest BCUT2D eigenvalue weighted by molar-refractivity contribution is 0.568. The maximum Gasteiger partial charge on any atom is 0.252 e. The van der Waals surface area contributed by atoms with Crippen LogP contribution in [0.15, 0.2) is 261 Å². The maximum atomic E-state index is 10.4. The maximum absolute atomic E-state index is 10.4. The summed E-state index contributed by atoms with van der Waals surface area (Å²) in [5.41, 5.74) is 34.1. The molecule has 0 unspecified atom stereocenters. The normalized spacial score (nSPS) is 14.1. The SMILES string of the molecule is [2H]c1c([2H])c([2H])c2c(c1[2H])c1cc(C(C)(C)C)ccc1n2-c1cc2c3c(c1)N(c1c(-c4ccc(C(C)(C)C)cc4)cccc1-c1ccc(C(C)(C)C)cc1)c1ccc(-c4cc(C(C)(C)C)cc(C(C)(C)C)c4)cc1B3c1cc(-c3cc(C(C)(C)C)cc(C(C)(C)C)c3)ccc1N2c1c(-c2ccc(C(C)(C)C)cc2)cccc1-c1ccc(C(C)(C)C)cc1. The minimum atomic E-state index is -0.447. The molecular formula is C114H124BN3. The van der Waals surface area contributed by atoms with Gasteiger partial charge in [-0.3, -0.25) is 0 Å². The van der Waals surface area contributed by atoms with Crippen molar-refractivity contribution in [2.24, 2.45) is 0 Å². The van der Waals surface area contributed by atoms with Gasteiger partial charge in [-0.25, -0.2) is 0 Å². The molecular weight excluding hydrogens is 1420 g/mol. The summed E-state index contributed by atoms with van der Waals surface area (Å²) in [6, 6.07) is 91.2. The molecule has 1 aromatic heterocycles. The summed E-state index contributed by atoms with van der Waals surface area (Å²) in [7, 11) is 0. The highest BCUT2D eigenvalue weighted by molar-refractivity contribution is 7.00. The third kappa shape index (κ3) is 14.9. The molecule has 0 saturated heterocycles. The van der Waals surface area contributed by atoms with E-state index in [2.05, 4.69) is 438 Å². The van der Waals surface area contributed by atoms with Crippen LogP contribution in [-0.2, 0) is 48.7 Å². The van der Waals surface area contributed by atoms with Gasteiger partial charge in [-0.15, -0.1) is 0 Å². The quantitative estimate of drug-likeness (QED) is 0.133. The molecule has 0 radical (unpaired) electrons. The van der Waals surface area contributed by atoms with E-state index in [1.54, 1.807) is 0 Å². The van der Waals surface area contributed by atoms with Gasteiger partial charge >= 0.3 is 0 Å². The molecule has 14 aromatic rings. The van der Waals surface area contributed by atoms with Crippen LogP contribution in [0.1, 0.15) is 242 Å². The van der Waals surface area contributed by atoms with Gasteiger partial charge in [-0.2, -0.15) is 0 Å². The highest BCUT2D eigenvalue weighted by Crippen LogP contribution is 2.55. The smallest absolute Gasteiger partial charge is 0.252 e. The van der Waals surface area contributed by atoms with E-state index in [-0.39, 0.29) is 72.9 Å². The first kappa shape index (κ1) is 76.0. The second-order valence-corrected chi connectivity index (χ2v) is 43.4. The molecule has 3 nitrogen and oxygen atoms in total. The van der Waals surface area contributed by atoms with E-state index in [9.17, 15) is 5.48 Å². The Morgan fingerprint density at radius 2 is 0.534 bits per heavy atom. The van der Waals surface area contributed by atoms with Crippen LogP contribution in [0.5, 0.6) is 0 Å². The minimum absolute atomic E-state index is 0.0692. The molecule has 118 heavy (non-hydrogen) atoms. The van der Waals surface area contributed by atoms with Crippen LogP contribution >= 0.6 is 0 Å². The largest absolute Gasteiger partial charge is 0.310 e. The molecule has 0 saturated carbocycles. The number of rotatable bonds is 9. The lowest BCUT2D eigenvalue weighted by Gasteiger charge is -2.46. The van der Waals surface area contributed by atoms with E-state index in [0.29, 0.717) is 10.9 Å². The van der Waals surface area contributed by atoms with Crippen molar-refractivity contribution >= 4 is 79.0 Å². The summed E-state index contributed by atoms with van der Waals surface area (Å²) in [6.45, 7) is 61.7. The molecule has 4 heteroatoms. The zero-order chi connectivity index (χ0) is 87.9. The molecule has 0 N–H and O–H groups in total. The van der Waals surface area contributed by atoms with Crippen molar-refractivity contribution in [3.63, 3.8) is 0 Å². The number of hydrogen-bond donors (Lipinski definition) is 0. The number of benzene rings is 13. The molecule has 3 heterocycles. The fourth-order valence-electron chi connectivity index (χ4n) is 17.8. The Kier molecular flexibility index (Phi) is 18.4. The Labute approximate surface area is 713 Å². The molecule has 598 valence electrons. The molecule has 13 aromatic carbocycles. The predicted octanol–water partition coefficient (Wildman–Crippen LogP) is 30.5. The summed E-state index contributed by atoms with van der Waals surface area (Å²) in [5, 5.41) is 1.25. The van der Waals surface area contributed by atoms with Crippen molar-refractivity contribution in [3.8, 4) is 72.4 Å². The number of para-hydroxylation sites is 3. The lowest BCUT2D eigenvalue weighted by Crippen LogP contribution is -2.61. The van der Waals surface area contributed by atoms with E-state index < -0.39 is 6.71 Å². The van der Waals surface area contributed by atoms with E-state index in [4.69, 9.17) is 0 Å². The highest BCUT2D eigenvalue weighted by atomic mass is 15.2. The second-order valence-electron chi connectivity index (χ2n) is 43.4. The number of fused-ring (bicyclic) bond motifs is 7. The highest BCUT2D eigenvalue weighted by Gasteiger charge is 2.47. The van der Waals surface area contributed by atoms with Gasteiger partial charge in [0, 0.05) is 55.8 Å². The van der Waals surface area contributed by atoms with Crippen LogP contribution in [0.2, 0.25) is 0 Å². The molecule has 16 rings (SSSR count). The summed E-state index contributed by atoms with van der Waals surface area (Å²) < 4.78 is 42.1.